The van der Waals surface area contributed by atoms with Crippen LogP contribution in [0.3, 0.4) is 0 Å². The minimum absolute atomic E-state index is 0.274. The summed E-state index contributed by atoms with van der Waals surface area (Å²) in [6.45, 7) is 0. The molecule has 0 spiro atoms. The zero-order chi connectivity index (χ0) is 44.5. The van der Waals surface area contributed by atoms with Crippen LogP contribution in [-0.2, 0) is 0 Å². The van der Waals surface area contributed by atoms with Gasteiger partial charge in [-0.05, 0) is 63.7 Å². The molecule has 2 aromatic heterocycles. The zero-order valence-electron chi connectivity index (χ0n) is 36.7. The maximum Gasteiger partial charge on any atom is 0.145 e. The van der Waals surface area contributed by atoms with E-state index in [1.54, 1.807) is 0 Å². The van der Waals surface area contributed by atoms with Crippen molar-refractivity contribution in [2.24, 2.45) is 4.99 Å². The van der Waals surface area contributed by atoms with Crippen molar-refractivity contribution in [1.82, 2.24) is 14.9 Å². The van der Waals surface area contributed by atoms with Crippen LogP contribution in [0.25, 0.3) is 89.1 Å². The minimum Gasteiger partial charge on any atom is -0.360 e. The molecule has 3 heterocycles. The van der Waals surface area contributed by atoms with Crippen LogP contribution in [0.1, 0.15) is 22.9 Å². The molecule has 0 bridgehead atoms. The monoisotopic (exact) mass is 856 g/mol. The summed E-state index contributed by atoms with van der Waals surface area (Å²) in [5.74, 6) is 0. The number of allylic oxidation sites excluding steroid dienone is 1. The molecule has 67 heavy (non-hydrogen) atoms. The Balaban J connectivity index is 1.01. The molecule has 0 radical (unpaired) electrons. The summed E-state index contributed by atoms with van der Waals surface area (Å²) >= 11 is 0. The molecule has 1 N–H and O–H groups in total. The standard InChI is InChI=1S/C63H44N4/c1-6-20-45(21-7-1)59-58(60(46-22-8-2-9-23-46)62(49-26-12-4-13-27-49)66-61(59)48-24-10-3-11-25-48)47-36-34-43(35-37-47)54-42-55(65-63(64-54)50-28-14-5-15-29-50)44-38-40-51(41-39-44)67-56-32-18-16-30-52(56)53-31-17-19-33-57(53)67/h1-42,63,65H. The molecule has 1 unspecified atom stereocenters. The SMILES string of the molecule is C1=C(c2ccc(-n3c4ccccc4c4ccccc43)cc2)NC(c2ccccc2)N=C1c1ccc(-c2c(-c3ccccc3)c(-c3ccccc3)nc(-c3ccccc3)c2-c2ccccc2)cc1. The van der Waals surface area contributed by atoms with Gasteiger partial charge in [-0.15, -0.1) is 0 Å². The fourth-order valence-corrected chi connectivity index (χ4v) is 9.71. The van der Waals surface area contributed by atoms with E-state index < -0.39 is 0 Å². The molecule has 1 aliphatic heterocycles. The van der Waals surface area contributed by atoms with Gasteiger partial charge in [0.15, 0.2) is 0 Å². The van der Waals surface area contributed by atoms with Crippen molar-refractivity contribution in [1.29, 1.82) is 0 Å². The lowest BCUT2D eigenvalue weighted by Gasteiger charge is -2.25. The van der Waals surface area contributed by atoms with E-state index in [0.717, 1.165) is 89.7 Å². The summed E-state index contributed by atoms with van der Waals surface area (Å²) in [5, 5.41) is 6.29. The molecule has 1 aliphatic rings. The second-order valence-corrected chi connectivity index (χ2v) is 16.9. The van der Waals surface area contributed by atoms with Gasteiger partial charge < -0.3 is 9.88 Å². The van der Waals surface area contributed by atoms with Crippen molar-refractivity contribution in [2.45, 2.75) is 6.17 Å². The highest BCUT2D eigenvalue weighted by Crippen LogP contribution is 2.48. The topological polar surface area (TPSA) is 42.2 Å². The predicted octanol–water partition coefficient (Wildman–Crippen LogP) is 15.6. The Labute approximate surface area is 390 Å². The van der Waals surface area contributed by atoms with Gasteiger partial charge in [-0.25, -0.2) is 4.98 Å². The summed E-state index contributed by atoms with van der Waals surface area (Å²) in [5.41, 5.74) is 19.3. The number of nitrogens with one attached hydrogen (secondary N) is 1. The van der Waals surface area contributed by atoms with Crippen LogP contribution >= 0.6 is 0 Å². The van der Waals surface area contributed by atoms with Gasteiger partial charge in [-0.3, -0.25) is 4.99 Å². The first-order chi connectivity index (χ1) is 33.2. The average molecular weight is 857 g/mol. The molecule has 316 valence electrons. The molecule has 0 aliphatic carbocycles. The van der Waals surface area contributed by atoms with Crippen LogP contribution < -0.4 is 5.32 Å². The van der Waals surface area contributed by atoms with Crippen molar-refractivity contribution < 1.29 is 0 Å². The number of fused-ring (bicyclic) bond motifs is 3. The van der Waals surface area contributed by atoms with Gasteiger partial charge in [0.2, 0.25) is 0 Å². The van der Waals surface area contributed by atoms with Crippen molar-refractivity contribution in [3.8, 4) is 61.6 Å². The fraction of sp³-hybridized carbons (Fsp3) is 0.0159. The smallest absolute Gasteiger partial charge is 0.145 e. The number of rotatable bonds is 9. The van der Waals surface area contributed by atoms with E-state index >= 15 is 0 Å². The van der Waals surface area contributed by atoms with Gasteiger partial charge in [0.1, 0.15) is 6.17 Å². The van der Waals surface area contributed by atoms with Gasteiger partial charge in [0.25, 0.3) is 0 Å². The highest BCUT2D eigenvalue weighted by atomic mass is 15.1. The first kappa shape index (κ1) is 39.7. The maximum absolute atomic E-state index is 5.63. The lowest BCUT2D eigenvalue weighted by Crippen LogP contribution is -2.24. The van der Waals surface area contributed by atoms with Gasteiger partial charge in [-0.2, -0.15) is 0 Å². The van der Waals surface area contributed by atoms with Gasteiger partial charge in [-0.1, -0.05) is 224 Å². The summed E-state index contributed by atoms with van der Waals surface area (Å²) < 4.78 is 2.36. The van der Waals surface area contributed by atoms with E-state index in [1.807, 2.05) is 0 Å². The van der Waals surface area contributed by atoms with Crippen LogP contribution in [0.15, 0.2) is 260 Å². The summed E-state index contributed by atoms with van der Waals surface area (Å²) in [6.07, 6.45) is 1.92. The van der Waals surface area contributed by atoms with E-state index in [2.05, 4.69) is 265 Å². The third kappa shape index (κ3) is 7.41. The maximum atomic E-state index is 5.63. The minimum atomic E-state index is -0.274. The van der Waals surface area contributed by atoms with E-state index in [9.17, 15) is 0 Å². The lowest BCUT2D eigenvalue weighted by atomic mass is 9.83. The largest absolute Gasteiger partial charge is 0.360 e. The Hall–Kier alpha value is -8.86. The quantitative estimate of drug-likeness (QED) is 0.157. The molecule has 9 aromatic carbocycles. The van der Waals surface area contributed by atoms with Gasteiger partial charge in [0.05, 0.1) is 28.1 Å². The normalized spacial score (nSPS) is 13.5. The zero-order valence-corrected chi connectivity index (χ0v) is 36.7. The van der Waals surface area contributed by atoms with Crippen LogP contribution in [0.2, 0.25) is 0 Å². The molecule has 0 saturated heterocycles. The molecule has 4 heteroatoms. The fourth-order valence-electron chi connectivity index (χ4n) is 9.71. The number of aliphatic imine (C=N–C) groups is 1. The highest BCUT2D eigenvalue weighted by Gasteiger charge is 2.26. The van der Waals surface area contributed by atoms with E-state index in [4.69, 9.17) is 9.98 Å². The third-order valence-electron chi connectivity index (χ3n) is 12.9. The molecule has 4 nitrogen and oxygen atoms in total. The Bertz CT molecular complexity index is 3440. The second kappa shape index (κ2) is 17.3. The first-order valence-electron chi connectivity index (χ1n) is 22.9. The van der Waals surface area contributed by atoms with Crippen molar-refractivity contribution in [3.63, 3.8) is 0 Å². The summed E-state index contributed by atoms with van der Waals surface area (Å²) in [6, 6.07) is 88.3. The number of aromatic nitrogens is 2. The van der Waals surface area contributed by atoms with E-state index in [0.29, 0.717) is 0 Å². The number of benzene rings is 9. The molecule has 1 atom stereocenters. The Morgan fingerprint density at radius 2 is 0.746 bits per heavy atom. The second-order valence-electron chi connectivity index (χ2n) is 16.9. The average Bonchev–Trinajstić information content (AvgIpc) is 3.76. The summed E-state index contributed by atoms with van der Waals surface area (Å²) in [7, 11) is 0. The predicted molar refractivity (Wildman–Crippen MR) is 279 cm³/mol. The molecular formula is C63H44N4. The van der Waals surface area contributed by atoms with E-state index in [-0.39, 0.29) is 6.17 Å². The number of hydrogen-bond acceptors (Lipinski definition) is 3. The molecule has 12 rings (SSSR count). The van der Waals surface area contributed by atoms with Gasteiger partial charge >= 0.3 is 0 Å². The summed E-state index contributed by atoms with van der Waals surface area (Å²) in [4.78, 5) is 11.0. The molecule has 0 fully saturated rings. The number of para-hydroxylation sites is 2. The van der Waals surface area contributed by atoms with Crippen molar-refractivity contribution in [3.05, 3.63) is 271 Å². The Morgan fingerprint density at radius 1 is 0.343 bits per heavy atom. The number of nitrogens with zero attached hydrogens (tertiary/aromatic N) is 3. The Kier molecular flexibility index (Phi) is 10.2. The van der Waals surface area contributed by atoms with Crippen LogP contribution in [0, 0.1) is 0 Å². The molecular weight excluding hydrogens is 813 g/mol. The first-order valence-corrected chi connectivity index (χ1v) is 22.9. The van der Waals surface area contributed by atoms with E-state index in [1.165, 1.54) is 21.8 Å². The van der Waals surface area contributed by atoms with Crippen LogP contribution in [0.5, 0.6) is 0 Å². The highest BCUT2D eigenvalue weighted by molar-refractivity contribution is 6.14. The lowest BCUT2D eigenvalue weighted by molar-refractivity contribution is 0.664. The number of hydrogen-bond donors (Lipinski definition) is 1. The third-order valence-corrected chi connectivity index (χ3v) is 12.9. The molecule has 0 amide bonds. The van der Waals surface area contributed by atoms with Crippen LogP contribution in [-0.4, -0.2) is 15.3 Å². The molecule has 0 saturated carbocycles. The Morgan fingerprint density at radius 3 is 1.25 bits per heavy atom. The number of pyridine rings is 1. The van der Waals surface area contributed by atoms with Crippen molar-refractivity contribution >= 4 is 33.2 Å². The van der Waals surface area contributed by atoms with Crippen molar-refractivity contribution in [2.75, 3.05) is 0 Å². The van der Waals surface area contributed by atoms with Gasteiger partial charge in [0, 0.05) is 50.0 Å². The molecule has 11 aromatic rings. The van der Waals surface area contributed by atoms with Crippen LogP contribution in [0.4, 0.5) is 0 Å².